The molecule has 4 heteroatoms. The zero-order chi connectivity index (χ0) is 12.9. The minimum absolute atomic E-state index is 0.177. The summed E-state index contributed by atoms with van der Waals surface area (Å²) in [6, 6.07) is 0. The third-order valence-electron chi connectivity index (χ3n) is 2.14. The lowest BCUT2D eigenvalue weighted by atomic mass is 10.1. The molecule has 0 saturated carbocycles. The Morgan fingerprint density at radius 3 is 2.35 bits per heavy atom. The van der Waals surface area contributed by atoms with Crippen LogP contribution in [-0.4, -0.2) is 24.6 Å². The molecule has 0 atom stereocenters. The fourth-order valence-electron chi connectivity index (χ4n) is 1.29. The molecule has 0 N–H and O–H groups in total. The first kappa shape index (κ1) is 15.6. The smallest absolute Gasteiger partial charge is 0.330 e. The third kappa shape index (κ3) is 10.8. The summed E-state index contributed by atoms with van der Waals surface area (Å²) in [4.78, 5) is 32.2. The highest BCUT2D eigenvalue weighted by Gasteiger charge is 2.00. The highest BCUT2D eigenvalue weighted by atomic mass is 16.5. The van der Waals surface area contributed by atoms with E-state index in [-0.39, 0.29) is 11.8 Å². The van der Waals surface area contributed by atoms with Gasteiger partial charge in [-0.1, -0.05) is 6.08 Å². The second kappa shape index (κ2) is 11.0. The lowest BCUT2D eigenvalue weighted by Gasteiger charge is -1.97. The van der Waals surface area contributed by atoms with E-state index in [0.717, 1.165) is 12.7 Å². The Kier molecular flexibility index (Phi) is 10.1. The predicted molar refractivity (Wildman–Crippen MR) is 64.5 cm³/mol. The van der Waals surface area contributed by atoms with Crippen molar-refractivity contribution in [3.05, 3.63) is 12.2 Å². The minimum atomic E-state index is -0.343. The van der Waals surface area contributed by atoms with Crippen LogP contribution >= 0.6 is 0 Å². The molecular formula is C13H20O4. The lowest BCUT2D eigenvalue weighted by Crippen LogP contribution is -1.99. The Hall–Kier alpha value is -1.45. The number of esters is 1. The fraction of sp³-hybridized carbons (Fsp3) is 0.615. The lowest BCUT2D eigenvalue weighted by molar-refractivity contribution is -0.137. The molecule has 0 spiro atoms. The molecule has 0 amide bonds. The van der Waals surface area contributed by atoms with E-state index in [1.165, 1.54) is 6.08 Å². The second-order valence-electron chi connectivity index (χ2n) is 3.64. The molecule has 4 nitrogen and oxygen atoms in total. The Labute approximate surface area is 102 Å². The first-order valence-electron chi connectivity index (χ1n) is 5.99. The van der Waals surface area contributed by atoms with Crippen molar-refractivity contribution in [2.45, 2.75) is 45.4 Å². The van der Waals surface area contributed by atoms with Crippen LogP contribution in [0.4, 0.5) is 0 Å². The average molecular weight is 240 g/mol. The van der Waals surface area contributed by atoms with Gasteiger partial charge in [0.05, 0.1) is 6.61 Å². The van der Waals surface area contributed by atoms with E-state index in [9.17, 15) is 14.4 Å². The predicted octanol–water partition coefficient (Wildman–Crippen LogP) is 2.21. The van der Waals surface area contributed by atoms with Gasteiger partial charge in [-0.05, 0) is 26.2 Å². The van der Waals surface area contributed by atoms with E-state index in [2.05, 4.69) is 0 Å². The number of hydrogen-bond donors (Lipinski definition) is 0. The minimum Gasteiger partial charge on any atom is -0.463 e. The zero-order valence-electron chi connectivity index (χ0n) is 10.3. The molecule has 0 fully saturated rings. The molecule has 0 aliphatic heterocycles. The molecule has 0 aromatic heterocycles. The zero-order valence-corrected chi connectivity index (χ0v) is 10.3. The standard InChI is InChI=1S/C13H20O4/c1-2-17-13(16)10-5-3-4-8-12(15)9-6-7-11-14/h5,10-11H,2-4,6-9H2,1H3/b10-5+. The molecular weight excluding hydrogens is 220 g/mol. The van der Waals surface area contributed by atoms with Gasteiger partial charge in [0.2, 0.25) is 0 Å². The normalized spacial score (nSPS) is 10.4. The van der Waals surface area contributed by atoms with E-state index < -0.39 is 0 Å². The number of hydrogen-bond acceptors (Lipinski definition) is 4. The Morgan fingerprint density at radius 1 is 1.12 bits per heavy atom. The van der Waals surface area contributed by atoms with Crippen LogP contribution in [-0.2, 0) is 19.1 Å². The number of allylic oxidation sites excluding steroid dienone is 1. The Morgan fingerprint density at radius 2 is 1.76 bits per heavy atom. The summed E-state index contributed by atoms with van der Waals surface area (Å²) in [7, 11) is 0. The van der Waals surface area contributed by atoms with Gasteiger partial charge in [-0.3, -0.25) is 4.79 Å². The van der Waals surface area contributed by atoms with Crippen molar-refractivity contribution in [1.29, 1.82) is 0 Å². The van der Waals surface area contributed by atoms with Gasteiger partial charge >= 0.3 is 5.97 Å². The average Bonchev–Trinajstić information content (AvgIpc) is 2.29. The molecule has 0 radical (unpaired) electrons. The van der Waals surface area contributed by atoms with Crippen LogP contribution in [0.3, 0.4) is 0 Å². The van der Waals surface area contributed by atoms with Crippen LogP contribution < -0.4 is 0 Å². The first-order chi connectivity index (χ1) is 8.20. The van der Waals surface area contributed by atoms with Crippen LogP contribution in [0, 0.1) is 0 Å². The van der Waals surface area contributed by atoms with E-state index in [1.807, 2.05) is 0 Å². The largest absolute Gasteiger partial charge is 0.463 e. The van der Waals surface area contributed by atoms with Gasteiger partial charge in [0.1, 0.15) is 12.1 Å². The highest BCUT2D eigenvalue weighted by molar-refractivity contribution is 5.81. The monoisotopic (exact) mass is 240 g/mol. The third-order valence-corrected chi connectivity index (χ3v) is 2.14. The van der Waals surface area contributed by atoms with Crippen molar-refractivity contribution in [3.63, 3.8) is 0 Å². The van der Waals surface area contributed by atoms with Gasteiger partial charge < -0.3 is 9.53 Å². The summed E-state index contributed by atoms with van der Waals surface area (Å²) in [5.74, 6) is -0.166. The number of ether oxygens (including phenoxy) is 1. The van der Waals surface area contributed by atoms with Gasteiger partial charge in [-0.2, -0.15) is 0 Å². The number of unbranched alkanes of at least 4 members (excludes halogenated alkanes) is 2. The summed E-state index contributed by atoms with van der Waals surface area (Å²) in [6.07, 6.45) is 7.43. The van der Waals surface area contributed by atoms with Crippen LogP contribution in [0.2, 0.25) is 0 Å². The Balaban J connectivity index is 3.47. The number of aldehydes is 1. The summed E-state index contributed by atoms with van der Waals surface area (Å²) in [5, 5.41) is 0. The fourth-order valence-corrected chi connectivity index (χ4v) is 1.29. The molecule has 0 heterocycles. The van der Waals surface area contributed by atoms with Crippen LogP contribution in [0.15, 0.2) is 12.2 Å². The summed E-state index contributed by atoms with van der Waals surface area (Å²) < 4.78 is 4.71. The summed E-state index contributed by atoms with van der Waals surface area (Å²) in [6.45, 7) is 2.13. The van der Waals surface area contributed by atoms with E-state index in [4.69, 9.17) is 4.74 Å². The topological polar surface area (TPSA) is 60.4 Å². The van der Waals surface area contributed by atoms with E-state index in [0.29, 0.717) is 38.7 Å². The Bertz CT molecular complexity index is 269. The number of rotatable bonds is 10. The summed E-state index contributed by atoms with van der Waals surface area (Å²) >= 11 is 0. The van der Waals surface area contributed by atoms with Crippen molar-refractivity contribution in [2.24, 2.45) is 0 Å². The van der Waals surface area contributed by atoms with Gasteiger partial charge in [0.25, 0.3) is 0 Å². The number of ketones is 1. The quantitative estimate of drug-likeness (QED) is 0.254. The van der Waals surface area contributed by atoms with Gasteiger partial charge in [-0.15, -0.1) is 0 Å². The number of Topliss-reactive ketones (excluding diaryl/α,β-unsaturated/α-hetero) is 1. The maximum atomic E-state index is 11.3. The van der Waals surface area contributed by atoms with Crippen molar-refractivity contribution < 1.29 is 19.1 Å². The van der Waals surface area contributed by atoms with Crippen molar-refractivity contribution in [2.75, 3.05) is 6.61 Å². The van der Waals surface area contributed by atoms with Gasteiger partial charge in [0, 0.05) is 25.3 Å². The molecule has 0 aromatic carbocycles. The van der Waals surface area contributed by atoms with Gasteiger partial charge in [-0.25, -0.2) is 4.79 Å². The molecule has 0 unspecified atom stereocenters. The number of carbonyl (C=O) groups is 3. The van der Waals surface area contributed by atoms with Crippen molar-refractivity contribution >= 4 is 18.0 Å². The van der Waals surface area contributed by atoms with Crippen LogP contribution in [0.5, 0.6) is 0 Å². The molecule has 96 valence electrons. The molecule has 0 aromatic rings. The van der Waals surface area contributed by atoms with Crippen molar-refractivity contribution in [1.82, 2.24) is 0 Å². The van der Waals surface area contributed by atoms with E-state index >= 15 is 0 Å². The molecule has 0 saturated heterocycles. The highest BCUT2D eigenvalue weighted by Crippen LogP contribution is 2.03. The molecule has 0 aliphatic carbocycles. The second-order valence-corrected chi connectivity index (χ2v) is 3.64. The molecule has 17 heavy (non-hydrogen) atoms. The van der Waals surface area contributed by atoms with Gasteiger partial charge in [0.15, 0.2) is 0 Å². The summed E-state index contributed by atoms with van der Waals surface area (Å²) in [5.41, 5.74) is 0. The molecule has 0 rings (SSSR count). The molecule has 0 bridgehead atoms. The SMILES string of the molecule is CCOC(=O)/C=C/CCCC(=O)CCCC=O. The molecule has 0 aliphatic rings. The van der Waals surface area contributed by atoms with Crippen LogP contribution in [0.25, 0.3) is 0 Å². The van der Waals surface area contributed by atoms with Crippen molar-refractivity contribution in [3.8, 4) is 0 Å². The maximum Gasteiger partial charge on any atom is 0.330 e. The maximum absolute atomic E-state index is 11.3. The number of carbonyl (C=O) groups excluding carboxylic acids is 3. The first-order valence-corrected chi connectivity index (χ1v) is 5.99. The van der Waals surface area contributed by atoms with E-state index in [1.54, 1.807) is 13.0 Å². The van der Waals surface area contributed by atoms with Crippen LogP contribution in [0.1, 0.15) is 45.4 Å².